The van der Waals surface area contributed by atoms with Gasteiger partial charge in [-0.3, -0.25) is 4.79 Å². The van der Waals surface area contributed by atoms with Crippen LogP contribution in [0, 0.1) is 0 Å². The van der Waals surface area contributed by atoms with Gasteiger partial charge in [-0.25, -0.2) is 0 Å². The number of morpholine rings is 1. The number of benzene rings is 1. The van der Waals surface area contributed by atoms with Gasteiger partial charge in [0.15, 0.2) is 0 Å². The minimum absolute atomic E-state index is 0.0630. The van der Waals surface area contributed by atoms with E-state index in [0.29, 0.717) is 18.1 Å². The largest absolute Gasteiger partial charge is 0.365 e. The van der Waals surface area contributed by atoms with Crippen molar-refractivity contribution in [1.82, 2.24) is 0 Å². The lowest BCUT2D eigenvalue weighted by atomic mass is 10.2. The van der Waals surface area contributed by atoms with E-state index in [9.17, 15) is 4.79 Å². The third-order valence-electron chi connectivity index (χ3n) is 2.51. The van der Waals surface area contributed by atoms with Gasteiger partial charge in [0.05, 0.1) is 12.6 Å². The molecule has 2 rings (SSSR count). The van der Waals surface area contributed by atoms with Crippen LogP contribution in [0.3, 0.4) is 0 Å². The Morgan fingerprint density at radius 1 is 1.56 bits per heavy atom. The van der Waals surface area contributed by atoms with Crippen LogP contribution in [0.15, 0.2) is 24.3 Å². The standard InChI is InChI=1S/C11H13ClN2O2/c12-8-2-1-3-9(4-8)14-6-10(5-13)16-7-11(14)15/h1-4,10H,5-7,13H2. The highest BCUT2D eigenvalue weighted by atomic mass is 35.5. The lowest BCUT2D eigenvalue weighted by Gasteiger charge is -2.32. The predicted molar refractivity (Wildman–Crippen MR) is 62.6 cm³/mol. The molecule has 0 bridgehead atoms. The van der Waals surface area contributed by atoms with E-state index in [2.05, 4.69) is 0 Å². The maximum Gasteiger partial charge on any atom is 0.253 e. The first-order valence-corrected chi connectivity index (χ1v) is 5.46. The number of anilines is 1. The summed E-state index contributed by atoms with van der Waals surface area (Å²) in [6, 6.07) is 7.20. The molecule has 0 aliphatic carbocycles. The summed E-state index contributed by atoms with van der Waals surface area (Å²) in [7, 11) is 0. The molecule has 4 nitrogen and oxygen atoms in total. The molecule has 1 aliphatic rings. The molecular formula is C11H13ClN2O2. The van der Waals surface area contributed by atoms with Crippen LogP contribution < -0.4 is 10.6 Å². The van der Waals surface area contributed by atoms with Gasteiger partial charge in [-0.2, -0.15) is 0 Å². The van der Waals surface area contributed by atoms with Crippen molar-refractivity contribution in [3.05, 3.63) is 29.3 Å². The van der Waals surface area contributed by atoms with Gasteiger partial charge in [0.2, 0.25) is 0 Å². The number of hydrogen-bond donors (Lipinski definition) is 1. The Balaban J connectivity index is 2.21. The molecule has 0 spiro atoms. The minimum atomic E-state index is -0.100. The summed E-state index contributed by atoms with van der Waals surface area (Å²) < 4.78 is 5.27. The zero-order chi connectivity index (χ0) is 11.5. The number of nitrogens with two attached hydrogens (primary N) is 1. The van der Waals surface area contributed by atoms with Crippen LogP contribution in [-0.4, -0.2) is 31.7 Å². The second-order valence-corrected chi connectivity index (χ2v) is 4.09. The average Bonchev–Trinajstić information content (AvgIpc) is 2.30. The van der Waals surface area contributed by atoms with Crippen LogP contribution in [0.2, 0.25) is 5.02 Å². The summed E-state index contributed by atoms with van der Waals surface area (Å²) in [6.07, 6.45) is -0.100. The first-order chi connectivity index (χ1) is 7.70. The summed E-state index contributed by atoms with van der Waals surface area (Å²) >= 11 is 5.89. The number of ether oxygens (including phenoxy) is 1. The summed E-state index contributed by atoms with van der Waals surface area (Å²) in [4.78, 5) is 13.3. The number of nitrogens with zero attached hydrogens (tertiary/aromatic N) is 1. The number of carbonyl (C=O) groups excluding carboxylic acids is 1. The van der Waals surface area contributed by atoms with Gasteiger partial charge < -0.3 is 15.4 Å². The van der Waals surface area contributed by atoms with Crippen LogP contribution in [0.5, 0.6) is 0 Å². The van der Waals surface area contributed by atoms with E-state index in [0.717, 1.165) is 5.69 Å². The molecule has 0 saturated carbocycles. The Labute approximate surface area is 98.9 Å². The zero-order valence-electron chi connectivity index (χ0n) is 8.73. The lowest BCUT2D eigenvalue weighted by Crippen LogP contribution is -2.49. The topological polar surface area (TPSA) is 55.6 Å². The molecule has 1 heterocycles. The van der Waals surface area contributed by atoms with E-state index in [4.69, 9.17) is 22.1 Å². The molecule has 1 aromatic rings. The van der Waals surface area contributed by atoms with E-state index >= 15 is 0 Å². The van der Waals surface area contributed by atoms with Gasteiger partial charge in [-0.05, 0) is 18.2 Å². The molecule has 1 aliphatic heterocycles. The van der Waals surface area contributed by atoms with E-state index in [1.807, 2.05) is 12.1 Å². The SMILES string of the molecule is NCC1CN(c2cccc(Cl)c2)C(=O)CO1. The van der Waals surface area contributed by atoms with Crippen LogP contribution >= 0.6 is 11.6 Å². The lowest BCUT2D eigenvalue weighted by molar-refractivity contribution is -0.128. The highest BCUT2D eigenvalue weighted by Gasteiger charge is 2.26. The van der Waals surface area contributed by atoms with Crippen molar-refractivity contribution in [2.75, 3.05) is 24.6 Å². The molecule has 1 aromatic carbocycles. The maximum absolute atomic E-state index is 11.7. The van der Waals surface area contributed by atoms with Gasteiger partial charge in [0.1, 0.15) is 6.61 Å². The molecular weight excluding hydrogens is 228 g/mol. The van der Waals surface area contributed by atoms with Gasteiger partial charge in [-0.1, -0.05) is 17.7 Å². The average molecular weight is 241 g/mol. The van der Waals surface area contributed by atoms with Crippen molar-refractivity contribution in [2.24, 2.45) is 5.73 Å². The van der Waals surface area contributed by atoms with Crippen LogP contribution in [-0.2, 0) is 9.53 Å². The predicted octanol–water partition coefficient (Wildman–Crippen LogP) is 1.03. The second-order valence-electron chi connectivity index (χ2n) is 3.65. The van der Waals surface area contributed by atoms with Crippen molar-refractivity contribution >= 4 is 23.2 Å². The van der Waals surface area contributed by atoms with Crippen molar-refractivity contribution in [1.29, 1.82) is 0 Å². The van der Waals surface area contributed by atoms with Gasteiger partial charge >= 0.3 is 0 Å². The molecule has 1 fully saturated rings. The molecule has 0 radical (unpaired) electrons. The second kappa shape index (κ2) is 4.82. The fraction of sp³-hybridized carbons (Fsp3) is 0.364. The molecule has 1 saturated heterocycles. The van der Waals surface area contributed by atoms with Crippen molar-refractivity contribution < 1.29 is 9.53 Å². The van der Waals surface area contributed by atoms with Gasteiger partial charge in [-0.15, -0.1) is 0 Å². The number of hydrogen-bond acceptors (Lipinski definition) is 3. The van der Waals surface area contributed by atoms with Crippen molar-refractivity contribution in [3.8, 4) is 0 Å². The van der Waals surface area contributed by atoms with Crippen LogP contribution in [0.4, 0.5) is 5.69 Å². The highest BCUT2D eigenvalue weighted by Crippen LogP contribution is 2.21. The Kier molecular flexibility index (Phi) is 3.43. The van der Waals surface area contributed by atoms with Crippen LogP contribution in [0.1, 0.15) is 0 Å². The third kappa shape index (κ3) is 2.35. The summed E-state index contributed by atoms with van der Waals surface area (Å²) in [5, 5.41) is 0.612. The number of amides is 1. The fourth-order valence-corrected chi connectivity index (χ4v) is 1.85. The van der Waals surface area contributed by atoms with E-state index < -0.39 is 0 Å². The Morgan fingerprint density at radius 3 is 3.06 bits per heavy atom. The smallest absolute Gasteiger partial charge is 0.253 e. The molecule has 1 unspecified atom stereocenters. The van der Waals surface area contributed by atoms with E-state index in [1.54, 1.807) is 17.0 Å². The van der Waals surface area contributed by atoms with E-state index in [1.165, 1.54) is 0 Å². The van der Waals surface area contributed by atoms with Crippen LogP contribution in [0.25, 0.3) is 0 Å². The van der Waals surface area contributed by atoms with Crippen molar-refractivity contribution in [2.45, 2.75) is 6.10 Å². The quantitative estimate of drug-likeness (QED) is 0.840. The molecule has 16 heavy (non-hydrogen) atoms. The molecule has 0 aromatic heterocycles. The summed E-state index contributed by atoms with van der Waals surface area (Å²) in [6.45, 7) is 0.967. The summed E-state index contributed by atoms with van der Waals surface area (Å²) in [5.74, 6) is -0.0630. The Hall–Kier alpha value is -1.10. The Morgan fingerprint density at radius 2 is 2.38 bits per heavy atom. The summed E-state index contributed by atoms with van der Waals surface area (Å²) in [5.41, 5.74) is 6.32. The molecule has 5 heteroatoms. The number of halogens is 1. The first-order valence-electron chi connectivity index (χ1n) is 5.08. The monoisotopic (exact) mass is 240 g/mol. The number of carbonyl (C=O) groups is 1. The molecule has 2 N–H and O–H groups in total. The minimum Gasteiger partial charge on any atom is -0.365 e. The van der Waals surface area contributed by atoms with Gasteiger partial charge in [0, 0.05) is 17.3 Å². The molecule has 86 valence electrons. The zero-order valence-corrected chi connectivity index (χ0v) is 9.48. The third-order valence-corrected chi connectivity index (χ3v) is 2.75. The Bertz CT molecular complexity index is 397. The van der Waals surface area contributed by atoms with E-state index in [-0.39, 0.29) is 18.6 Å². The molecule has 1 amide bonds. The number of rotatable bonds is 2. The fourth-order valence-electron chi connectivity index (χ4n) is 1.66. The van der Waals surface area contributed by atoms with Gasteiger partial charge in [0.25, 0.3) is 5.91 Å². The molecule has 1 atom stereocenters. The normalized spacial score (nSPS) is 21.2. The maximum atomic E-state index is 11.7. The van der Waals surface area contributed by atoms with Crippen molar-refractivity contribution in [3.63, 3.8) is 0 Å². The first kappa shape index (κ1) is 11.4. The highest BCUT2D eigenvalue weighted by molar-refractivity contribution is 6.30.